The third kappa shape index (κ3) is 4.14. The molecule has 7 heteroatoms. The second-order valence-electron chi connectivity index (χ2n) is 5.32. The molecule has 0 atom stereocenters. The van der Waals surface area contributed by atoms with E-state index in [2.05, 4.69) is 4.72 Å². The van der Waals surface area contributed by atoms with Gasteiger partial charge < -0.3 is 4.90 Å². The number of carbonyl (C=O) groups is 2. The minimum Gasteiger partial charge on any atom is -0.343 e. The molecular weight excluding hydrogens is 304 g/mol. The lowest BCUT2D eigenvalue weighted by Gasteiger charge is -2.15. The van der Waals surface area contributed by atoms with E-state index in [-0.39, 0.29) is 29.6 Å². The van der Waals surface area contributed by atoms with E-state index in [0.29, 0.717) is 5.56 Å². The summed E-state index contributed by atoms with van der Waals surface area (Å²) in [4.78, 5) is 24.9. The Hall–Kier alpha value is -1.73. The number of nitrogens with one attached hydrogen (secondary N) is 1. The average Bonchev–Trinajstić information content (AvgIpc) is 3.01. The van der Waals surface area contributed by atoms with Crippen molar-refractivity contribution in [3.8, 4) is 0 Å². The van der Waals surface area contributed by atoms with Crippen LogP contribution in [0.4, 0.5) is 0 Å². The summed E-state index contributed by atoms with van der Waals surface area (Å²) < 4.78 is 26.6. The maximum atomic E-state index is 12.1. The van der Waals surface area contributed by atoms with Crippen LogP contribution in [0.3, 0.4) is 0 Å². The normalized spacial score (nSPS) is 15.0. The minimum absolute atomic E-state index is 0.0212. The molecule has 1 fully saturated rings. The second-order valence-corrected chi connectivity index (χ2v) is 7.08. The number of carbonyl (C=O) groups excluding carboxylic acids is 2. The molecule has 1 saturated heterocycles. The zero-order valence-electron chi connectivity index (χ0n) is 12.5. The molecule has 2 rings (SSSR count). The van der Waals surface area contributed by atoms with Crippen LogP contribution >= 0.6 is 0 Å². The zero-order chi connectivity index (χ0) is 16.2. The molecule has 1 N–H and O–H groups in total. The number of benzene rings is 1. The molecule has 1 aromatic carbocycles. The quantitative estimate of drug-likeness (QED) is 0.797. The maximum Gasteiger partial charge on any atom is 0.240 e. The predicted molar refractivity (Wildman–Crippen MR) is 82.1 cm³/mol. The SMILES string of the molecule is CC(=O)c1ccc(S(=O)(=O)NCCC(=O)N2CCCC2)cc1. The van der Waals surface area contributed by atoms with Crippen LogP contribution in [-0.4, -0.2) is 44.6 Å². The number of likely N-dealkylation sites (tertiary alicyclic amines) is 1. The molecule has 0 radical (unpaired) electrons. The monoisotopic (exact) mass is 324 g/mol. The first kappa shape index (κ1) is 16.6. The molecule has 1 heterocycles. The lowest BCUT2D eigenvalue weighted by atomic mass is 10.2. The molecular formula is C15H20N2O4S. The van der Waals surface area contributed by atoms with Crippen LogP contribution in [0.2, 0.25) is 0 Å². The molecule has 0 bridgehead atoms. The van der Waals surface area contributed by atoms with Crippen molar-refractivity contribution >= 4 is 21.7 Å². The number of nitrogens with zero attached hydrogens (tertiary/aromatic N) is 1. The van der Waals surface area contributed by atoms with Gasteiger partial charge in [0, 0.05) is 31.6 Å². The van der Waals surface area contributed by atoms with Gasteiger partial charge in [0.2, 0.25) is 15.9 Å². The standard InChI is InChI=1S/C15H20N2O4S/c1-12(18)13-4-6-14(7-5-13)22(20,21)16-9-8-15(19)17-10-2-3-11-17/h4-7,16H,2-3,8-11H2,1H3. The molecule has 120 valence electrons. The second kappa shape index (κ2) is 7.02. The van der Waals surface area contributed by atoms with Gasteiger partial charge in [-0.15, -0.1) is 0 Å². The average molecular weight is 324 g/mol. The third-order valence-corrected chi connectivity index (χ3v) is 5.14. The number of hydrogen-bond acceptors (Lipinski definition) is 4. The molecule has 1 amide bonds. The molecule has 1 aliphatic rings. The summed E-state index contributed by atoms with van der Waals surface area (Å²) in [5, 5.41) is 0. The van der Waals surface area contributed by atoms with Crippen LogP contribution in [0, 0.1) is 0 Å². The Morgan fingerprint density at radius 2 is 1.73 bits per heavy atom. The molecule has 0 unspecified atom stereocenters. The van der Waals surface area contributed by atoms with Gasteiger partial charge in [-0.2, -0.15) is 0 Å². The molecule has 1 aromatic rings. The topological polar surface area (TPSA) is 83.5 Å². The van der Waals surface area contributed by atoms with Crippen LogP contribution in [0.15, 0.2) is 29.2 Å². The van der Waals surface area contributed by atoms with Crippen LogP contribution in [0.1, 0.15) is 36.5 Å². The van der Waals surface area contributed by atoms with Gasteiger partial charge in [0.05, 0.1) is 4.90 Å². The van der Waals surface area contributed by atoms with E-state index in [9.17, 15) is 18.0 Å². The Kier molecular flexibility index (Phi) is 5.31. The van der Waals surface area contributed by atoms with E-state index in [4.69, 9.17) is 0 Å². The van der Waals surface area contributed by atoms with Crippen molar-refractivity contribution in [3.05, 3.63) is 29.8 Å². The fourth-order valence-electron chi connectivity index (χ4n) is 2.37. The van der Waals surface area contributed by atoms with Gasteiger partial charge in [-0.1, -0.05) is 12.1 Å². The maximum absolute atomic E-state index is 12.1. The highest BCUT2D eigenvalue weighted by atomic mass is 32.2. The Balaban J connectivity index is 1.90. The Morgan fingerprint density at radius 3 is 2.27 bits per heavy atom. The summed E-state index contributed by atoms with van der Waals surface area (Å²) >= 11 is 0. The summed E-state index contributed by atoms with van der Waals surface area (Å²) in [6.07, 6.45) is 2.19. The van der Waals surface area contributed by atoms with E-state index >= 15 is 0 Å². The number of hydrogen-bond donors (Lipinski definition) is 1. The molecule has 0 spiro atoms. The lowest BCUT2D eigenvalue weighted by Crippen LogP contribution is -2.32. The third-order valence-electron chi connectivity index (χ3n) is 3.66. The van der Waals surface area contributed by atoms with E-state index < -0.39 is 10.0 Å². The summed E-state index contributed by atoms with van der Waals surface area (Å²) in [6.45, 7) is 3.02. The van der Waals surface area contributed by atoms with Crippen LogP contribution in [0.25, 0.3) is 0 Å². The number of Topliss-reactive ketones (excluding diaryl/α,β-unsaturated/α-hetero) is 1. The highest BCUT2D eigenvalue weighted by Crippen LogP contribution is 2.12. The first-order chi connectivity index (χ1) is 10.4. The lowest BCUT2D eigenvalue weighted by molar-refractivity contribution is -0.129. The van der Waals surface area contributed by atoms with Crippen molar-refractivity contribution in [3.63, 3.8) is 0 Å². The summed E-state index contributed by atoms with van der Waals surface area (Å²) in [6, 6.07) is 5.74. The van der Waals surface area contributed by atoms with E-state index in [0.717, 1.165) is 25.9 Å². The highest BCUT2D eigenvalue weighted by molar-refractivity contribution is 7.89. The zero-order valence-corrected chi connectivity index (χ0v) is 13.4. The van der Waals surface area contributed by atoms with Gasteiger partial charge in [0.15, 0.2) is 5.78 Å². The molecule has 0 saturated carbocycles. The van der Waals surface area contributed by atoms with Crippen LogP contribution in [0.5, 0.6) is 0 Å². The van der Waals surface area contributed by atoms with Crippen molar-refractivity contribution in [2.45, 2.75) is 31.1 Å². The van der Waals surface area contributed by atoms with Crippen molar-refractivity contribution in [1.82, 2.24) is 9.62 Å². The minimum atomic E-state index is -3.65. The fraction of sp³-hybridized carbons (Fsp3) is 0.467. The van der Waals surface area contributed by atoms with E-state index in [1.807, 2.05) is 0 Å². The molecule has 0 aliphatic carbocycles. The van der Waals surface area contributed by atoms with Gasteiger partial charge in [0.25, 0.3) is 0 Å². The van der Waals surface area contributed by atoms with Crippen LogP contribution < -0.4 is 4.72 Å². The summed E-state index contributed by atoms with van der Waals surface area (Å²) in [5.41, 5.74) is 0.461. The number of amides is 1. The van der Waals surface area contributed by atoms with Gasteiger partial charge in [-0.25, -0.2) is 13.1 Å². The van der Waals surface area contributed by atoms with Crippen LogP contribution in [-0.2, 0) is 14.8 Å². The van der Waals surface area contributed by atoms with Crippen molar-refractivity contribution in [2.24, 2.45) is 0 Å². The Bertz CT molecular complexity index is 647. The van der Waals surface area contributed by atoms with Crippen molar-refractivity contribution < 1.29 is 18.0 Å². The number of ketones is 1. The molecule has 1 aliphatic heterocycles. The smallest absolute Gasteiger partial charge is 0.240 e. The number of rotatable bonds is 6. The van der Waals surface area contributed by atoms with Gasteiger partial charge >= 0.3 is 0 Å². The van der Waals surface area contributed by atoms with E-state index in [1.54, 1.807) is 4.90 Å². The highest BCUT2D eigenvalue weighted by Gasteiger charge is 2.19. The Labute approximate surface area is 130 Å². The molecule has 0 aromatic heterocycles. The van der Waals surface area contributed by atoms with Crippen molar-refractivity contribution in [1.29, 1.82) is 0 Å². The summed E-state index contributed by atoms with van der Waals surface area (Å²) in [5.74, 6) is -0.139. The largest absolute Gasteiger partial charge is 0.343 e. The first-order valence-electron chi connectivity index (χ1n) is 7.28. The number of sulfonamides is 1. The fourth-order valence-corrected chi connectivity index (χ4v) is 3.40. The van der Waals surface area contributed by atoms with E-state index in [1.165, 1.54) is 31.2 Å². The van der Waals surface area contributed by atoms with Gasteiger partial charge in [0.1, 0.15) is 0 Å². The van der Waals surface area contributed by atoms with Gasteiger partial charge in [-0.05, 0) is 31.9 Å². The molecule has 6 nitrogen and oxygen atoms in total. The summed E-state index contributed by atoms with van der Waals surface area (Å²) in [7, 11) is -3.65. The first-order valence-corrected chi connectivity index (χ1v) is 8.77. The predicted octanol–water partition coefficient (Wildman–Crippen LogP) is 1.18. The van der Waals surface area contributed by atoms with Gasteiger partial charge in [-0.3, -0.25) is 9.59 Å². The Morgan fingerprint density at radius 1 is 1.14 bits per heavy atom. The molecule has 22 heavy (non-hydrogen) atoms. The van der Waals surface area contributed by atoms with Crippen molar-refractivity contribution in [2.75, 3.05) is 19.6 Å².